The molecule has 0 atom stereocenters. The number of hydrogen-bond acceptors (Lipinski definition) is 2. The van der Waals surface area contributed by atoms with Crippen LogP contribution in [-0.2, 0) is 0 Å². The highest BCUT2D eigenvalue weighted by Crippen LogP contribution is 2.53. The zero-order valence-corrected chi connectivity index (χ0v) is 36.4. The van der Waals surface area contributed by atoms with Crippen LogP contribution in [-0.4, -0.2) is 8.80 Å². The molecule has 0 aliphatic carbocycles. The third kappa shape index (κ3) is 5.17. The number of fused-ring (bicyclic) bond motifs is 14. The summed E-state index contributed by atoms with van der Waals surface area (Å²) in [5, 5.41) is 10.3. The second-order valence-electron chi connectivity index (χ2n) is 18.1. The summed E-state index contributed by atoms with van der Waals surface area (Å²) in [7, 11) is 0. The molecular formula is C60H46N4. The third-order valence-corrected chi connectivity index (χ3v) is 13.9. The fourth-order valence-corrected chi connectivity index (χ4v) is 10.9. The van der Waals surface area contributed by atoms with Crippen molar-refractivity contribution < 1.29 is 0 Å². The van der Waals surface area contributed by atoms with E-state index in [0.29, 0.717) is 11.8 Å². The minimum atomic E-state index is 0.462. The SMILES string of the molecule is CC(C)c1ccc(N(c2ccccc2)c2ccc3c(c2)c2c4c5ccccc5n5c6ccc(N(c7ccccc7)c7ccc(C(C)C)cc7)cc6c(c6c7ccccc7n3c62)c45)cc1. The predicted octanol–water partition coefficient (Wildman–Crippen LogP) is 17.2. The number of aromatic nitrogens is 2. The fraction of sp³-hybridized carbons (Fsp3) is 0.100. The second kappa shape index (κ2) is 13.8. The summed E-state index contributed by atoms with van der Waals surface area (Å²) in [6.45, 7) is 9.03. The molecule has 0 N–H and O–H groups in total. The average Bonchev–Trinajstić information content (AvgIpc) is 4.06. The molecule has 4 heteroatoms. The highest BCUT2D eigenvalue weighted by Gasteiger charge is 2.29. The Balaban J connectivity index is 1.14. The summed E-state index contributed by atoms with van der Waals surface area (Å²) < 4.78 is 5.11. The lowest BCUT2D eigenvalue weighted by Crippen LogP contribution is -2.09. The second-order valence-corrected chi connectivity index (χ2v) is 18.1. The number of hydrogen-bond donors (Lipinski definition) is 0. The van der Waals surface area contributed by atoms with Gasteiger partial charge in [-0.1, -0.05) is 125 Å². The minimum absolute atomic E-state index is 0.462. The monoisotopic (exact) mass is 822 g/mol. The molecule has 0 saturated carbocycles. The predicted molar refractivity (Wildman–Crippen MR) is 273 cm³/mol. The molecule has 306 valence electrons. The fourth-order valence-electron chi connectivity index (χ4n) is 10.9. The maximum atomic E-state index is 2.56. The topological polar surface area (TPSA) is 15.3 Å². The molecule has 0 saturated heterocycles. The van der Waals surface area contributed by atoms with E-state index in [0.717, 1.165) is 34.1 Å². The molecule has 0 aliphatic rings. The number of nitrogens with zero attached hydrogens (tertiary/aromatic N) is 4. The van der Waals surface area contributed by atoms with Crippen molar-refractivity contribution in [3.05, 3.63) is 205 Å². The lowest BCUT2D eigenvalue weighted by molar-refractivity contribution is 0.866. The van der Waals surface area contributed by atoms with Crippen LogP contribution in [0.3, 0.4) is 0 Å². The Morgan fingerprint density at radius 2 is 0.609 bits per heavy atom. The Morgan fingerprint density at radius 3 is 1.00 bits per heavy atom. The lowest BCUT2D eigenvalue weighted by Gasteiger charge is -2.26. The Hall–Kier alpha value is -7.82. The number of rotatable bonds is 8. The summed E-state index contributed by atoms with van der Waals surface area (Å²) >= 11 is 0. The van der Waals surface area contributed by atoms with Crippen molar-refractivity contribution in [3.63, 3.8) is 0 Å². The van der Waals surface area contributed by atoms with Crippen LogP contribution in [0.15, 0.2) is 194 Å². The first-order valence-electron chi connectivity index (χ1n) is 22.7. The van der Waals surface area contributed by atoms with Gasteiger partial charge in [-0.05, 0) is 120 Å². The van der Waals surface area contributed by atoms with Crippen LogP contribution in [0.2, 0.25) is 0 Å². The summed E-state index contributed by atoms with van der Waals surface area (Å²) in [5.74, 6) is 0.924. The van der Waals surface area contributed by atoms with Crippen molar-refractivity contribution in [2.45, 2.75) is 39.5 Å². The molecule has 0 bridgehead atoms. The van der Waals surface area contributed by atoms with E-state index in [9.17, 15) is 0 Å². The molecule has 0 aliphatic heterocycles. The molecular weight excluding hydrogens is 777 g/mol. The Morgan fingerprint density at radius 1 is 0.297 bits per heavy atom. The van der Waals surface area contributed by atoms with Gasteiger partial charge in [-0.15, -0.1) is 0 Å². The van der Waals surface area contributed by atoms with Crippen LogP contribution >= 0.6 is 0 Å². The van der Waals surface area contributed by atoms with Crippen molar-refractivity contribution in [2.75, 3.05) is 9.80 Å². The molecule has 0 amide bonds. The first kappa shape index (κ1) is 36.8. The molecule has 13 aromatic rings. The first-order chi connectivity index (χ1) is 31.4. The molecule has 13 rings (SSSR count). The molecule has 4 heterocycles. The zero-order valence-electron chi connectivity index (χ0n) is 36.4. The molecule has 0 unspecified atom stereocenters. The van der Waals surface area contributed by atoms with Gasteiger partial charge in [0, 0.05) is 77.2 Å². The van der Waals surface area contributed by atoms with E-state index in [1.807, 2.05) is 0 Å². The van der Waals surface area contributed by atoms with Gasteiger partial charge >= 0.3 is 0 Å². The van der Waals surface area contributed by atoms with Crippen LogP contribution in [0, 0.1) is 0 Å². The lowest BCUT2D eigenvalue weighted by atomic mass is 9.97. The average molecular weight is 823 g/mol. The number of anilines is 6. The smallest absolute Gasteiger partial charge is 0.0634 e. The standard InChI is InChI=1S/C60H46N4/c1-37(2)39-23-27-43(28-24-39)61(41-15-7-5-8-16-41)45-31-33-53-49(35-45)57-55-47-19-11-14-22-52(47)64-54-34-32-46(62(42-17-9-6-10-18-42)44-29-25-40(26-30-44)38(3)4)36-50(54)58(60(55)64)56-48-20-12-13-21-51(48)63(53)59(56)57/h5-38H,1-4H3. The van der Waals surface area contributed by atoms with Gasteiger partial charge in [-0.2, -0.15) is 0 Å². The summed E-state index contributed by atoms with van der Waals surface area (Å²) in [5.41, 5.74) is 17.0. The van der Waals surface area contributed by atoms with Crippen LogP contribution < -0.4 is 9.80 Å². The molecule has 0 radical (unpaired) electrons. The van der Waals surface area contributed by atoms with E-state index in [2.05, 4.69) is 240 Å². The quantitative estimate of drug-likeness (QED) is 0.152. The molecule has 0 fully saturated rings. The number of benzene rings is 9. The van der Waals surface area contributed by atoms with Gasteiger partial charge in [0.05, 0.1) is 33.1 Å². The van der Waals surface area contributed by atoms with Gasteiger partial charge < -0.3 is 18.6 Å². The van der Waals surface area contributed by atoms with Crippen molar-refractivity contribution >= 4 is 110 Å². The van der Waals surface area contributed by atoms with E-state index in [1.54, 1.807) is 0 Å². The van der Waals surface area contributed by atoms with Crippen molar-refractivity contribution in [1.82, 2.24) is 8.80 Å². The summed E-state index contributed by atoms with van der Waals surface area (Å²) in [6.07, 6.45) is 0. The Labute approximate surface area is 372 Å². The normalized spacial score (nSPS) is 12.3. The maximum Gasteiger partial charge on any atom is 0.0634 e. The van der Waals surface area contributed by atoms with Gasteiger partial charge in [0.15, 0.2) is 0 Å². The van der Waals surface area contributed by atoms with Gasteiger partial charge in [0.2, 0.25) is 0 Å². The van der Waals surface area contributed by atoms with Crippen LogP contribution in [0.1, 0.15) is 50.7 Å². The van der Waals surface area contributed by atoms with E-state index in [4.69, 9.17) is 0 Å². The van der Waals surface area contributed by atoms with Crippen LogP contribution in [0.25, 0.3) is 76.2 Å². The first-order valence-corrected chi connectivity index (χ1v) is 22.7. The van der Waals surface area contributed by atoms with E-state index >= 15 is 0 Å². The van der Waals surface area contributed by atoms with Crippen molar-refractivity contribution in [1.29, 1.82) is 0 Å². The summed E-state index contributed by atoms with van der Waals surface area (Å²) in [6, 6.07) is 72.2. The molecule has 4 nitrogen and oxygen atoms in total. The van der Waals surface area contributed by atoms with Crippen LogP contribution in [0.4, 0.5) is 34.1 Å². The minimum Gasteiger partial charge on any atom is -0.310 e. The van der Waals surface area contributed by atoms with E-state index in [1.165, 1.54) is 87.3 Å². The third-order valence-electron chi connectivity index (χ3n) is 13.9. The summed E-state index contributed by atoms with van der Waals surface area (Å²) in [4.78, 5) is 4.82. The highest BCUT2D eigenvalue weighted by atomic mass is 15.1. The van der Waals surface area contributed by atoms with Gasteiger partial charge in [0.25, 0.3) is 0 Å². The Kier molecular flexibility index (Phi) is 7.96. The van der Waals surface area contributed by atoms with Gasteiger partial charge in [-0.3, -0.25) is 0 Å². The van der Waals surface area contributed by atoms with Crippen molar-refractivity contribution in [3.8, 4) is 0 Å². The van der Waals surface area contributed by atoms with E-state index < -0.39 is 0 Å². The molecule has 9 aromatic carbocycles. The maximum absolute atomic E-state index is 2.56. The van der Waals surface area contributed by atoms with Crippen LogP contribution in [0.5, 0.6) is 0 Å². The number of para-hydroxylation sites is 4. The molecule has 64 heavy (non-hydrogen) atoms. The largest absolute Gasteiger partial charge is 0.310 e. The van der Waals surface area contributed by atoms with Crippen molar-refractivity contribution in [2.24, 2.45) is 0 Å². The molecule has 0 spiro atoms. The highest BCUT2D eigenvalue weighted by molar-refractivity contribution is 6.45. The van der Waals surface area contributed by atoms with Gasteiger partial charge in [0.1, 0.15) is 0 Å². The van der Waals surface area contributed by atoms with E-state index in [-0.39, 0.29) is 0 Å². The van der Waals surface area contributed by atoms with Gasteiger partial charge in [-0.25, -0.2) is 0 Å². The zero-order chi connectivity index (χ0) is 42.8. The Bertz CT molecular complexity index is 3620. The molecule has 4 aromatic heterocycles.